The van der Waals surface area contributed by atoms with Crippen LogP contribution in [0.2, 0.25) is 0 Å². The van der Waals surface area contributed by atoms with Crippen LogP contribution in [0.4, 0.5) is 5.69 Å². The highest BCUT2D eigenvalue weighted by Gasteiger charge is 1.91. The number of hydrogen-bond acceptors (Lipinski definition) is 3. The molecule has 5 nitrogen and oxygen atoms in total. The Morgan fingerprint density at radius 2 is 2.45 bits per heavy atom. The lowest BCUT2D eigenvalue weighted by molar-refractivity contribution is 0.281. The number of rotatable bonds is 2. The predicted octanol–water partition coefficient (Wildman–Crippen LogP) is 1.52. The van der Waals surface area contributed by atoms with Crippen molar-refractivity contribution in [1.82, 2.24) is 4.98 Å². The van der Waals surface area contributed by atoms with Crippen LogP contribution in [0, 0.1) is 0 Å². The maximum Gasteiger partial charge on any atom is 0.0696 e. The number of pyridine rings is 1. The molecule has 0 aliphatic heterocycles. The molecule has 0 bridgehead atoms. The highest BCUT2D eigenvalue weighted by atomic mass is 16.3. The van der Waals surface area contributed by atoms with Crippen LogP contribution in [0.5, 0.6) is 0 Å². The first-order valence-corrected chi connectivity index (χ1v) is 2.96. The molecule has 0 unspecified atom stereocenters. The highest BCUT2D eigenvalue weighted by molar-refractivity contribution is 5.35. The van der Waals surface area contributed by atoms with Gasteiger partial charge in [-0.25, -0.2) is 0 Å². The molecule has 0 aliphatic rings. The van der Waals surface area contributed by atoms with E-state index in [0.29, 0.717) is 11.3 Å². The summed E-state index contributed by atoms with van der Waals surface area (Å²) in [6.07, 6.45) is 2.94. The van der Waals surface area contributed by atoms with Gasteiger partial charge in [0, 0.05) is 17.3 Å². The minimum Gasteiger partial charge on any atom is -0.392 e. The van der Waals surface area contributed by atoms with Gasteiger partial charge in [-0.15, -0.1) is 0 Å². The summed E-state index contributed by atoms with van der Waals surface area (Å²) in [5.41, 5.74) is 9.10. The molecule has 0 spiro atoms. The van der Waals surface area contributed by atoms with Gasteiger partial charge in [-0.05, 0) is 17.2 Å². The Bertz CT molecular complexity index is 292. The molecule has 1 N–H and O–H groups in total. The summed E-state index contributed by atoms with van der Waals surface area (Å²) in [5, 5.41) is 12.0. The molecule has 1 rings (SSSR count). The van der Waals surface area contributed by atoms with E-state index < -0.39 is 0 Å². The first kappa shape index (κ1) is 7.53. The SMILES string of the molecule is [N-]=[N+]=Nc1cncc(CO)c1. The van der Waals surface area contributed by atoms with Crippen molar-refractivity contribution in [2.24, 2.45) is 5.11 Å². The molecule has 0 aromatic carbocycles. The fourth-order valence-electron chi connectivity index (χ4n) is 0.667. The first-order valence-electron chi connectivity index (χ1n) is 2.96. The quantitative estimate of drug-likeness (QED) is 0.393. The number of nitrogens with zero attached hydrogens (tertiary/aromatic N) is 4. The smallest absolute Gasteiger partial charge is 0.0696 e. The lowest BCUT2D eigenvalue weighted by Crippen LogP contribution is -1.82. The van der Waals surface area contributed by atoms with Crippen LogP contribution < -0.4 is 0 Å². The lowest BCUT2D eigenvalue weighted by atomic mass is 10.3. The second-order valence-corrected chi connectivity index (χ2v) is 1.90. The van der Waals surface area contributed by atoms with Gasteiger partial charge in [-0.3, -0.25) is 4.98 Å². The van der Waals surface area contributed by atoms with Gasteiger partial charge in [-0.1, -0.05) is 5.11 Å². The van der Waals surface area contributed by atoms with E-state index >= 15 is 0 Å². The van der Waals surface area contributed by atoms with E-state index in [9.17, 15) is 0 Å². The van der Waals surface area contributed by atoms with E-state index in [4.69, 9.17) is 10.6 Å². The summed E-state index contributed by atoms with van der Waals surface area (Å²) < 4.78 is 0. The Kier molecular flexibility index (Phi) is 2.43. The van der Waals surface area contributed by atoms with E-state index in [1.54, 1.807) is 6.07 Å². The normalized spacial score (nSPS) is 8.82. The van der Waals surface area contributed by atoms with Crippen LogP contribution in [-0.2, 0) is 6.61 Å². The Labute approximate surface area is 62.9 Å². The summed E-state index contributed by atoms with van der Waals surface area (Å²) in [6, 6.07) is 1.58. The summed E-state index contributed by atoms with van der Waals surface area (Å²) in [4.78, 5) is 6.33. The van der Waals surface area contributed by atoms with Gasteiger partial charge in [0.2, 0.25) is 0 Å². The van der Waals surface area contributed by atoms with Crippen molar-refractivity contribution >= 4 is 5.69 Å². The van der Waals surface area contributed by atoms with E-state index in [1.165, 1.54) is 12.4 Å². The summed E-state index contributed by atoms with van der Waals surface area (Å²) in [7, 11) is 0. The Morgan fingerprint density at radius 1 is 1.64 bits per heavy atom. The third-order valence-corrected chi connectivity index (χ3v) is 1.12. The average Bonchev–Trinajstić information content (AvgIpc) is 2.06. The van der Waals surface area contributed by atoms with Crippen molar-refractivity contribution in [3.63, 3.8) is 0 Å². The van der Waals surface area contributed by atoms with Crippen molar-refractivity contribution in [3.05, 3.63) is 34.5 Å². The monoisotopic (exact) mass is 150 g/mol. The van der Waals surface area contributed by atoms with Crippen molar-refractivity contribution in [2.75, 3.05) is 0 Å². The maximum atomic E-state index is 8.66. The van der Waals surface area contributed by atoms with Gasteiger partial charge < -0.3 is 5.11 Å². The minimum absolute atomic E-state index is 0.0954. The molecular weight excluding hydrogens is 144 g/mol. The maximum absolute atomic E-state index is 8.66. The van der Waals surface area contributed by atoms with Gasteiger partial charge in [0.25, 0.3) is 0 Å². The number of azide groups is 1. The highest BCUT2D eigenvalue weighted by Crippen LogP contribution is 2.11. The number of aliphatic hydroxyl groups excluding tert-OH is 1. The number of hydrogen-bond donors (Lipinski definition) is 1. The van der Waals surface area contributed by atoms with E-state index in [0.717, 1.165) is 0 Å². The van der Waals surface area contributed by atoms with Crippen molar-refractivity contribution in [3.8, 4) is 0 Å². The molecule has 5 heteroatoms. The first-order chi connectivity index (χ1) is 5.36. The third kappa shape index (κ3) is 1.93. The van der Waals surface area contributed by atoms with Crippen molar-refractivity contribution in [1.29, 1.82) is 0 Å². The molecule has 0 atom stereocenters. The van der Waals surface area contributed by atoms with Gasteiger partial charge in [-0.2, -0.15) is 0 Å². The molecule has 1 aromatic rings. The number of aromatic nitrogens is 1. The Balaban J connectivity index is 3.00. The standard InChI is InChI=1S/C6H6N4O/c7-10-9-6-1-5(4-11)2-8-3-6/h1-3,11H,4H2. The average molecular weight is 150 g/mol. The van der Waals surface area contributed by atoms with Crippen molar-refractivity contribution in [2.45, 2.75) is 6.61 Å². The van der Waals surface area contributed by atoms with Crippen LogP contribution in [-0.4, -0.2) is 10.1 Å². The Hall–Kier alpha value is -1.58. The molecular formula is C6H6N4O. The largest absolute Gasteiger partial charge is 0.392 e. The van der Waals surface area contributed by atoms with Crippen LogP contribution in [0.1, 0.15) is 5.56 Å². The lowest BCUT2D eigenvalue weighted by Gasteiger charge is -1.94. The molecule has 0 fully saturated rings. The van der Waals surface area contributed by atoms with Crippen LogP contribution in [0.3, 0.4) is 0 Å². The second-order valence-electron chi connectivity index (χ2n) is 1.90. The zero-order valence-electron chi connectivity index (χ0n) is 5.68. The van der Waals surface area contributed by atoms with E-state index in [2.05, 4.69) is 15.0 Å². The van der Waals surface area contributed by atoms with E-state index in [1.807, 2.05) is 0 Å². The molecule has 0 saturated carbocycles. The molecule has 11 heavy (non-hydrogen) atoms. The zero-order valence-corrected chi connectivity index (χ0v) is 5.68. The fraction of sp³-hybridized carbons (Fsp3) is 0.167. The van der Waals surface area contributed by atoms with Crippen molar-refractivity contribution < 1.29 is 5.11 Å². The third-order valence-electron chi connectivity index (χ3n) is 1.12. The van der Waals surface area contributed by atoms with Gasteiger partial charge in [0.05, 0.1) is 12.3 Å². The molecule has 56 valence electrons. The Morgan fingerprint density at radius 3 is 3.09 bits per heavy atom. The molecule has 0 amide bonds. The van der Waals surface area contributed by atoms with E-state index in [-0.39, 0.29) is 6.61 Å². The van der Waals surface area contributed by atoms with Crippen LogP contribution in [0.25, 0.3) is 10.4 Å². The topological polar surface area (TPSA) is 81.9 Å². The van der Waals surface area contributed by atoms with Crippen LogP contribution in [0.15, 0.2) is 23.6 Å². The molecule has 0 saturated heterocycles. The minimum atomic E-state index is -0.0954. The molecule has 0 radical (unpaired) electrons. The summed E-state index contributed by atoms with van der Waals surface area (Å²) in [5.74, 6) is 0. The molecule has 1 heterocycles. The van der Waals surface area contributed by atoms with Gasteiger partial charge in [0.15, 0.2) is 0 Å². The summed E-state index contributed by atoms with van der Waals surface area (Å²) >= 11 is 0. The zero-order chi connectivity index (χ0) is 8.10. The molecule has 0 aliphatic carbocycles. The van der Waals surface area contributed by atoms with Gasteiger partial charge >= 0.3 is 0 Å². The number of aliphatic hydroxyl groups is 1. The van der Waals surface area contributed by atoms with Crippen LogP contribution >= 0.6 is 0 Å². The van der Waals surface area contributed by atoms with Gasteiger partial charge in [0.1, 0.15) is 0 Å². The fourth-order valence-corrected chi connectivity index (χ4v) is 0.667. The predicted molar refractivity (Wildman–Crippen MR) is 39.0 cm³/mol. The second kappa shape index (κ2) is 3.55. The molecule has 1 aromatic heterocycles. The summed E-state index contributed by atoms with van der Waals surface area (Å²) in [6.45, 7) is -0.0954.